The summed E-state index contributed by atoms with van der Waals surface area (Å²) in [5, 5.41) is 3.23. The van der Waals surface area contributed by atoms with Gasteiger partial charge in [0, 0.05) is 10.9 Å². The van der Waals surface area contributed by atoms with E-state index in [1.807, 2.05) is 0 Å². The van der Waals surface area contributed by atoms with E-state index in [-0.39, 0.29) is 9.74 Å². The van der Waals surface area contributed by atoms with E-state index in [0.29, 0.717) is 12.5 Å². The van der Waals surface area contributed by atoms with Crippen LogP contribution in [0.15, 0.2) is 24.3 Å². The van der Waals surface area contributed by atoms with Crippen LogP contribution in [0.4, 0.5) is 0 Å². The first-order chi connectivity index (χ1) is 10.5. The van der Waals surface area contributed by atoms with Gasteiger partial charge >= 0.3 is 0 Å². The Morgan fingerprint density at radius 2 is 1.82 bits per heavy atom. The molecule has 118 valence electrons. The van der Waals surface area contributed by atoms with Crippen molar-refractivity contribution in [2.45, 2.75) is 56.3 Å². The van der Waals surface area contributed by atoms with E-state index in [0.717, 1.165) is 31.1 Å². The zero-order valence-electron chi connectivity index (χ0n) is 13.2. The summed E-state index contributed by atoms with van der Waals surface area (Å²) < 4.78 is 0.248. The zero-order valence-corrected chi connectivity index (χ0v) is 14.8. The molecule has 1 aromatic rings. The highest BCUT2D eigenvalue weighted by molar-refractivity contribution is 9.10. The summed E-state index contributed by atoms with van der Waals surface area (Å²) in [5.74, 6) is 1.81. The Labute approximate surface area is 141 Å². The molecule has 0 aliphatic heterocycles. The third kappa shape index (κ3) is 2.51. The highest BCUT2D eigenvalue weighted by Crippen LogP contribution is 2.64. The van der Waals surface area contributed by atoms with Crippen LogP contribution in [-0.4, -0.2) is 10.2 Å². The third-order valence-corrected chi connectivity index (χ3v) is 6.97. The van der Waals surface area contributed by atoms with E-state index in [4.69, 9.17) is 0 Å². The monoisotopic (exact) mass is 361 g/mol. The quantitative estimate of drug-likeness (QED) is 0.796. The number of nitrogens with one attached hydrogen (secondary N) is 1. The molecule has 0 aromatic heterocycles. The van der Waals surface area contributed by atoms with Crippen molar-refractivity contribution < 1.29 is 4.79 Å². The first kappa shape index (κ1) is 14.7. The minimum atomic E-state index is -0.0989. The summed E-state index contributed by atoms with van der Waals surface area (Å²) in [6.07, 6.45) is 7.15. The molecule has 22 heavy (non-hydrogen) atoms. The lowest BCUT2D eigenvalue weighted by Gasteiger charge is -2.59. The first-order valence-corrected chi connectivity index (χ1v) is 9.29. The van der Waals surface area contributed by atoms with Gasteiger partial charge in [0.15, 0.2) is 0 Å². The average Bonchev–Trinajstić information content (AvgIpc) is 2.43. The number of rotatable bonds is 3. The van der Waals surface area contributed by atoms with Crippen LogP contribution in [0.1, 0.15) is 49.7 Å². The van der Waals surface area contributed by atoms with Crippen molar-refractivity contribution >= 4 is 21.8 Å². The van der Waals surface area contributed by atoms with Gasteiger partial charge < -0.3 is 5.32 Å². The normalized spacial score (nSPS) is 39.0. The maximum atomic E-state index is 12.9. The molecule has 2 atom stereocenters. The highest BCUT2D eigenvalue weighted by atomic mass is 79.9. The van der Waals surface area contributed by atoms with Crippen molar-refractivity contribution in [3.63, 3.8) is 0 Å². The molecule has 4 saturated carbocycles. The third-order valence-electron chi connectivity index (χ3n) is 6.05. The Morgan fingerprint density at radius 3 is 2.41 bits per heavy atom. The lowest BCUT2D eigenvalue weighted by Crippen LogP contribution is -2.58. The first-order valence-electron chi connectivity index (χ1n) is 8.49. The minimum Gasteiger partial charge on any atom is -0.352 e. The summed E-state index contributed by atoms with van der Waals surface area (Å²) >= 11 is 3.98. The molecular formula is C19H24BrNO. The fourth-order valence-electron chi connectivity index (χ4n) is 5.49. The summed E-state index contributed by atoms with van der Waals surface area (Å²) in [6.45, 7) is 2.75. The number of aryl methyl sites for hydroxylation is 1. The fourth-order valence-corrected chi connectivity index (χ4v) is 6.94. The Kier molecular flexibility index (Phi) is 3.41. The second-order valence-corrected chi connectivity index (χ2v) is 9.74. The van der Waals surface area contributed by atoms with Crippen LogP contribution in [0.5, 0.6) is 0 Å². The lowest BCUT2D eigenvalue weighted by molar-refractivity contribution is -0.144. The van der Waals surface area contributed by atoms with Gasteiger partial charge in [0.2, 0.25) is 5.91 Å². The topological polar surface area (TPSA) is 29.1 Å². The second kappa shape index (κ2) is 5.09. The van der Waals surface area contributed by atoms with Gasteiger partial charge in [-0.15, -0.1) is 0 Å². The van der Waals surface area contributed by atoms with Gasteiger partial charge in [0.25, 0.3) is 0 Å². The Hall–Kier alpha value is -0.830. The Bertz CT molecular complexity index is 580. The molecule has 0 radical (unpaired) electrons. The molecule has 1 N–H and O–H groups in total. The van der Waals surface area contributed by atoms with Crippen molar-refractivity contribution in [3.05, 3.63) is 35.4 Å². The predicted octanol–water partition coefficient (Wildman–Crippen LogP) is 4.35. The summed E-state index contributed by atoms with van der Waals surface area (Å²) in [6, 6.07) is 8.45. The van der Waals surface area contributed by atoms with Gasteiger partial charge in [0.1, 0.15) is 0 Å². The molecule has 2 unspecified atom stereocenters. The number of hydrogen-bond acceptors (Lipinski definition) is 1. The molecule has 2 nitrogen and oxygen atoms in total. The SMILES string of the molecule is Cc1ccc(CNC(=O)C23CC4CC(CC(Br)(C4)C2)C3)cc1. The molecule has 1 amide bonds. The van der Waals surface area contributed by atoms with E-state index in [1.165, 1.54) is 30.4 Å². The van der Waals surface area contributed by atoms with Crippen LogP contribution >= 0.6 is 15.9 Å². The van der Waals surface area contributed by atoms with E-state index >= 15 is 0 Å². The summed E-state index contributed by atoms with van der Waals surface area (Å²) in [7, 11) is 0. The van der Waals surface area contributed by atoms with Crippen LogP contribution in [-0.2, 0) is 11.3 Å². The minimum absolute atomic E-state index is 0.0989. The van der Waals surface area contributed by atoms with Crippen LogP contribution in [0.3, 0.4) is 0 Å². The van der Waals surface area contributed by atoms with E-state index in [1.54, 1.807) is 0 Å². The number of amides is 1. The summed E-state index contributed by atoms with van der Waals surface area (Å²) in [5.41, 5.74) is 2.35. The maximum Gasteiger partial charge on any atom is 0.226 e. The van der Waals surface area contributed by atoms with Gasteiger partial charge in [0.05, 0.1) is 5.41 Å². The van der Waals surface area contributed by atoms with Crippen molar-refractivity contribution in [1.29, 1.82) is 0 Å². The number of carbonyl (C=O) groups is 1. The lowest BCUT2D eigenvalue weighted by atomic mass is 9.49. The number of benzene rings is 1. The van der Waals surface area contributed by atoms with E-state index in [9.17, 15) is 4.79 Å². The summed E-state index contributed by atoms with van der Waals surface area (Å²) in [4.78, 5) is 12.9. The van der Waals surface area contributed by atoms with Crippen LogP contribution in [0.25, 0.3) is 0 Å². The van der Waals surface area contributed by atoms with Crippen molar-refractivity contribution in [2.75, 3.05) is 0 Å². The van der Waals surface area contributed by atoms with Crippen LogP contribution in [0.2, 0.25) is 0 Å². The maximum absolute atomic E-state index is 12.9. The molecule has 5 rings (SSSR count). The van der Waals surface area contributed by atoms with Gasteiger partial charge in [-0.2, -0.15) is 0 Å². The number of carbonyl (C=O) groups excluding carboxylic acids is 1. The zero-order chi connectivity index (χ0) is 15.4. The Morgan fingerprint density at radius 1 is 1.18 bits per heavy atom. The van der Waals surface area contributed by atoms with Crippen LogP contribution < -0.4 is 5.32 Å². The van der Waals surface area contributed by atoms with Crippen molar-refractivity contribution in [3.8, 4) is 0 Å². The average molecular weight is 362 g/mol. The highest BCUT2D eigenvalue weighted by Gasteiger charge is 2.59. The van der Waals surface area contributed by atoms with Gasteiger partial charge in [-0.3, -0.25) is 4.79 Å². The molecule has 0 spiro atoms. The largest absolute Gasteiger partial charge is 0.352 e. The van der Waals surface area contributed by atoms with E-state index in [2.05, 4.69) is 52.4 Å². The molecule has 4 bridgehead atoms. The standard InChI is InChI=1S/C19H24BrNO/c1-13-2-4-14(5-3-13)11-21-17(22)18-7-15-6-16(8-18)10-19(20,9-15)12-18/h2-5,15-16H,6-12H2,1H3,(H,21,22). The molecule has 0 saturated heterocycles. The smallest absolute Gasteiger partial charge is 0.226 e. The van der Waals surface area contributed by atoms with E-state index < -0.39 is 0 Å². The van der Waals surface area contributed by atoms with Gasteiger partial charge in [-0.25, -0.2) is 0 Å². The second-order valence-electron chi connectivity index (χ2n) is 8.06. The number of halogens is 1. The number of hydrogen-bond donors (Lipinski definition) is 1. The fraction of sp³-hybridized carbons (Fsp3) is 0.632. The molecule has 3 heteroatoms. The van der Waals surface area contributed by atoms with Crippen molar-refractivity contribution in [2.24, 2.45) is 17.3 Å². The molecule has 1 aromatic carbocycles. The van der Waals surface area contributed by atoms with Gasteiger partial charge in [-0.1, -0.05) is 45.8 Å². The molecule has 4 fully saturated rings. The molecular weight excluding hydrogens is 338 g/mol. The Balaban J connectivity index is 1.47. The van der Waals surface area contributed by atoms with Crippen molar-refractivity contribution in [1.82, 2.24) is 5.32 Å². The number of alkyl halides is 1. The molecule has 0 heterocycles. The molecule has 4 aliphatic rings. The molecule has 4 aliphatic carbocycles. The van der Waals surface area contributed by atoms with Crippen LogP contribution in [0, 0.1) is 24.2 Å². The predicted molar refractivity (Wildman–Crippen MR) is 91.8 cm³/mol. The van der Waals surface area contributed by atoms with Gasteiger partial charge in [-0.05, 0) is 62.8 Å².